The summed E-state index contributed by atoms with van der Waals surface area (Å²) in [6, 6.07) is -0.829. The lowest BCUT2D eigenvalue weighted by atomic mass is 9.99. The molecular formula is C65H119NO8. The van der Waals surface area contributed by atoms with Gasteiger partial charge in [0.05, 0.1) is 25.4 Å². The van der Waals surface area contributed by atoms with Crippen molar-refractivity contribution in [1.29, 1.82) is 0 Å². The number of nitrogens with one attached hydrogen (secondary N) is 1. The molecule has 1 aliphatic heterocycles. The monoisotopic (exact) mass is 1040 g/mol. The van der Waals surface area contributed by atoms with Crippen LogP contribution in [0.3, 0.4) is 0 Å². The molecule has 0 bridgehead atoms. The zero-order valence-electron chi connectivity index (χ0n) is 48.1. The Balaban J connectivity index is 2.09. The lowest BCUT2D eigenvalue weighted by Crippen LogP contribution is -2.60. The molecule has 0 radical (unpaired) electrons. The minimum Gasteiger partial charge on any atom is -0.394 e. The zero-order valence-corrected chi connectivity index (χ0v) is 48.1. The van der Waals surface area contributed by atoms with E-state index in [0.29, 0.717) is 6.42 Å². The van der Waals surface area contributed by atoms with Crippen molar-refractivity contribution in [2.24, 2.45) is 0 Å². The second kappa shape index (κ2) is 54.3. The van der Waals surface area contributed by atoms with Crippen molar-refractivity contribution >= 4 is 5.91 Å². The Morgan fingerprint density at radius 2 is 0.811 bits per heavy atom. The molecule has 7 unspecified atom stereocenters. The standard InChI is InChI=1S/C65H119NO8/c1-3-5-7-9-11-13-15-17-19-20-21-22-23-24-25-26-27-28-29-30-31-32-33-34-35-36-37-38-39-40-41-43-45-47-49-51-53-55-61(69)66-58(57-73-65-64(72)63(71)62(70)60(56-67)74-65)59(68)54-52-50-48-46-44-42-18-16-14-12-10-8-6-4-2/h14,16,25-26,28-29,44,46,52,54,58-60,62-65,67-68,70-72H,3-13,15,17-24,27,30-43,45,47-51,53,55-57H2,1-2H3,(H,66,69)/b16-14+,26-25-,29-28-,46-44+,54-52+. The third-order valence-corrected chi connectivity index (χ3v) is 14.8. The Hall–Kier alpha value is -2.11. The van der Waals surface area contributed by atoms with Gasteiger partial charge in [-0.25, -0.2) is 0 Å². The quantitative estimate of drug-likeness (QED) is 0.0261. The molecule has 1 saturated heterocycles. The number of allylic oxidation sites excluding steroid dienone is 9. The van der Waals surface area contributed by atoms with Crippen molar-refractivity contribution < 1.29 is 39.8 Å². The first-order chi connectivity index (χ1) is 36.3. The number of aliphatic hydroxyl groups excluding tert-OH is 5. The number of rotatable bonds is 54. The second-order valence-corrected chi connectivity index (χ2v) is 21.8. The van der Waals surface area contributed by atoms with Gasteiger partial charge in [-0.3, -0.25) is 4.79 Å². The topological polar surface area (TPSA) is 149 Å². The SMILES string of the molecule is CCCCCC/C=C/CC/C=C/CC/C=C/C(O)C(COC1OC(CO)C(O)C(O)C1O)NC(=O)CCCCCCCCCCCCCCCCCCC/C=C\C/C=C\CCCCCCCCCCCCCCC. The molecule has 1 heterocycles. The highest BCUT2D eigenvalue weighted by atomic mass is 16.7. The van der Waals surface area contributed by atoms with Crippen LogP contribution in [0.4, 0.5) is 0 Å². The van der Waals surface area contributed by atoms with Gasteiger partial charge >= 0.3 is 0 Å². The Labute approximate surface area is 456 Å². The summed E-state index contributed by atoms with van der Waals surface area (Å²) in [6.45, 7) is 3.75. The van der Waals surface area contributed by atoms with Crippen LogP contribution in [0.15, 0.2) is 60.8 Å². The molecule has 0 saturated carbocycles. The molecule has 9 nitrogen and oxygen atoms in total. The number of hydrogen-bond donors (Lipinski definition) is 6. The van der Waals surface area contributed by atoms with Crippen LogP contribution in [-0.2, 0) is 14.3 Å². The number of aliphatic hydroxyl groups is 5. The number of ether oxygens (including phenoxy) is 2. The molecule has 1 amide bonds. The lowest BCUT2D eigenvalue weighted by molar-refractivity contribution is -0.302. The van der Waals surface area contributed by atoms with Crippen molar-refractivity contribution in [2.45, 2.75) is 333 Å². The fourth-order valence-corrected chi connectivity index (χ4v) is 9.81. The molecule has 74 heavy (non-hydrogen) atoms. The molecule has 1 fully saturated rings. The first-order valence-corrected chi connectivity index (χ1v) is 31.5. The van der Waals surface area contributed by atoms with Crippen LogP contribution in [0.1, 0.15) is 290 Å². The van der Waals surface area contributed by atoms with Gasteiger partial charge in [-0.2, -0.15) is 0 Å². The Bertz CT molecular complexity index is 1350. The summed E-state index contributed by atoms with van der Waals surface area (Å²) in [7, 11) is 0. The van der Waals surface area contributed by atoms with Crippen LogP contribution in [0.2, 0.25) is 0 Å². The van der Waals surface area contributed by atoms with E-state index in [1.807, 2.05) is 6.08 Å². The number of carbonyl (C=O) groups is 1. The molecule has 1 aliphatic rings. The van der Waals surface area contributed by atoms with E-state index in [-0.39, 0.29) is 12.5 Å². The van der Waals surface area contributed by atoms with Crippen LogP contribution in [0.5, 0.6) is 0 Å². The van der Waals surface area contributed by atoms with E-state index in [9.17, 15) is 30.3 Å². The molecule has 9 heteroatoms. The van der Waals surface area contributed by atoms with E-state index in [0.717, 1.165) is 57.8 Å². The molecule has 0 aliphatic carbocycles. The van der Waals surface area contributed by atoms with Gasteiger partial charge in [0.1, 0.15) is 24.4 Å². The summed E-state index contributed by atoms with van der Waals surface area (Å²) in [4.78, 5) is 13.0. The Morgan fingerprint density at radius 1 is 0.459 bits per heavy atom. The highest BCUT2D eigenvalue weighted by Gasteiger charge is 2.44. The van der Waals surface area contributed by atoms with Crippen molar-refractivity contribution in [3.05, 3.63) is 60.8 Å². The first-order valence-electron chi connectivity index (χ1n) is 31.5. The lowest BCUT2D eigenvalue weighted by Gasteiger charge is -2.40. The maximum atomic E-state index is 13.0. The third kappa shape index (κ3) is 42.9. The van der Waals surface area contributed by atoms with Crippen molar-refractivity contribution in [1.82, 2.24) is 5.32 Å². The summed E-state index contributed by atoms with van der Waals surface area (Å²) in [5, 5.41) is 54.4. The fourth-order valence-electron chi connectivity index (χ4n) is 9.81. The van der Waals surface area contributed by atoms with Crippen LogP contribution in [0, 0.1) is 0 Å². The molecular weight excluding hydrogens is 923 g/mol. The van der Waals surface area contributed by atoms with Crippen molar-refractivity contribution in [3.8, 4) is 0 Å². The fraction of sp³-hybridized carbons (Fsp3) is 0.831. The van der Waals surface area contributed by atoms with Crippen LogP contribution in [-0.4, -0.2) is 87.5 Å². The van der Waals surface area contributed by atoms with E-state index in [2.05, 4.69) is 67.8 Å². The van der Waals surface area contributed by atoms with E-state index < -0.39 is 49.5 Å². The minimum atomic E-state index is -1.58. The van der Waals surface area contributed by atoms with Gasteiger partial charge in [0.2, 0.25) is 5.91 Å². The average Bonchev–Trinajstić information content (AvgIpc) is 3.40. The van der Waals surface area contributed by atoms with Crippen LogP contribution < -0.4 is 5.32 Å². The summed E-state index contributed by atoms with van der Waals surface area (Å²) in [6.07, 6.45) is 67.6. The average molecular weight is 1040 g/mol. The van der Waals surface area contributed by atoms with Gasteiger partial charge in [0.25, 0.3) is 0 Å². The van der Waals surface area contributed by atoms with Gasteiger partial charge < -0.3 is 40.3 Å². The molecule has 6 N–H and O–H groups in total. The molecule has 0 aromatic rings. The van der Waals surface area contributed by atoms with Crippen molar-refractivity contribution in [2.75, 3.05) is 13.2 Å². The summed E-state index contributed by atoms with van der Waals surface area (Å²) in [5.74, 6) is -0.190. The van der Waals surface area contributed by atoms with Gasteiger partial charge in [-0.15, -0.1) is 0 Å². The molecule has 7 atom stereocenters. The maximum absolute atomic E-state index is 13.0. The van der Waals surface area contributed by atoms with Gasteiger partial charge in [0, 0.05) is 6.42 Å². The Kier molecular flexibility index (Phi) is 51.3. The molecule has 432 valence electrons. The third-order valence-electron chi connectivity index (χ3n) is 14.8. The normalized spacial score (nSPS) is 19.4. The summed E-state index contributed by atoms with van der Waals surface area (Å²) >= 11 is 0. The number of carbonyl (C=O) groups excluding carboxylic acids is 1. The smallest absolute Gasteiger partial charge is 0.220 e. The summed E-state index contributed by atoms with van der Waals surface area (Å²) in [5.41, 5.74) is 0. The predicted octanol–water partition coefficient (Wildman–Crippen LogP) is 16.2. The largest absolute Gasteiger partial charge is 0.394 e. The van der Waals surface area contributed by atoms with E-state index in [1.165, 1.54) is 212 Å². The zero-order chi connectivity index (χ0) is 53.6. The number of amides is 1. The van der Waals surface area contributed by atoms with Crippen LogP contribution in [0.25, 0.3) is 0 Å². The van der Waals surface area contributed by atoms with E-state index >= 15 is 0 Å². The second-order valence-electron chi connectivity index (χ2n) is 21.8. The van der Waals surface area contributed by atoms with E-state index in [4.69, 9.17) is 9.47 Å². The van der Waals surface area contributed by atoms with Gasteiger partial charge in [0.15, 0.2) is 6.29 Å². The molecule has 0 aromatic heterocycles. The number of unbranched alkanes of at least 4 members (excludes halogenated alkanes) is 36. The molecule has 0 aromatic carbocycles. The molecule has 0 spiro atoms. The minimum absolute atomic E-state index is 0.190. The maximum Gasteiger partial charge on any atom is 0.220 e. The molecule has 1 rings (SSSR count). The van der Waals surface area contributed by atoms with Crippen LogP contribution >= 0.6 is 0 Å². The highest BCUT2D eigenvalue weighted by Crippen LogP contribution is 2.23. The van der Waals surface area contributed by atoms with Gasteiger partial charge in [-0.05, 0) is 77.0 Å². The first kappa shape index (κ1) is 69.9. The van der Waals surface area contributed by atoms with Crippen molar-refractivity contribution in [3.63, 3.8) is 0 Å². The van der Waals surface area contributed by atoms with E-state index in [1.54, 1.807) is 6.08 Å². The Morgan fingerprint density at radius 3 is 1.23 bits per heavy atom. The summed E-state index contributed by atoms with van der Waals surface area (Å²) < 4.78 is 11.2. The highest BCUT2D eigenvalue weighted by molar-refractivity contribution is 5.76. The van der Waals surface area contributed by atoms with Gasteiger partial charge in [-0.1, -0.05) is 267 Å². The predicted molar refractivity (Wildman–Crippen MR) is 313 cm³/mol. The number of hydrogen-bond acceptors (Lipinski definition) is 8.